The van der Waals surface area contributed by atoms with Crippen LogP contribution in [0.15, 0.2) is 30.5 Å². The van der Waals surface area contributed by atoms with Crippen molar-refractivity contribution in [3.63, 3.8) is 0 Å². The van der Waals surface area contributed by atoms with Crippen LogP contribution >= 0.6 is 11.6 Å². The van der Waals surface area contributed by atoms with Crippen molar-refractivity contribution < 1.29 is 22.4 Å². The highest BCUT2D eigenvalue weighted by molar-refractivity contribution is 6.29. The molecule has 2 unspecified atom stereocenters. The lowest BCUT2D eigenvalue weighted by Crippen LogP contribution is -2.40. The molecule has 3 rings (SSSR count). The molecule has 0 radical (unpaired) electrons. The van der Waals surface area contributed by atoms with Crippen LogP contribution in [-0.2, 0) is 17.5 Å². The molecule has 0 aliphatic carbocycles. The molecule has 27 heavy (non-hydrogen) atoms. The van der Waals surface area contributed by atoms with E-state index in [1.807, 2.05) is 0 Å². The van der Waals surface area contributed by atoms with Crippen LogP contribution in [0, 0.1) is 0 Å². The van der Waals surface area contributed by atoms with Gasteiger partial charge in [-0.15, -0.1) is 0 Å². The number of hydrogen-bond acceptors (Lipinski definition) is 4. The maximum atomic E-state index is 13.1. The predicted octanol–water partition coefficient (Wildman–Crippen LogP) is 3.13. The molecule has 0 bridgehead atoms. The minimum atomic E-state index is -4.53. The van der Waals surface area contributed by atoms with Gasteiger partial charge in [0.25, 0.3) is 0 Å². The number of hydrogen-bond donors (Lipinski definition) is 2. The molecule has 0 saturated carbocycles. The molecular formula is C17H15ClF4N4O. The average molecular weight is 403 g/mol. The van der Waals surface area contributed by atoms with Crippen LogP contribution in [0.1, 0.15) is 17.7 Å². The van der Waals surface area contributed by atoms with Crippen LogP contribution in [-0.4, -0.2) is 34.6 Å². The zero-order valence-corrected chi connectivity index (χ0v) is 14.6. The number of amides is 1. The number of alkyl halides is 4. The van der Waals surface area contributed by atoms with Gasteiger partial charge in [0.15, 0.2) is 0 Å². The first-order chi connectivity index (χ1) is 12.7. The van der Waals surface area contributed by atoms with E-state index in [2.05, 4.69) is 20.6 Å². The lowest BCUT2D eigenvalue weighted by molar-refractivity contribution is -0.141. The monoisotopic (exact) mass is 402 g/mol. The van der Waals surface area contributed by atoms with Crippen LogP contribution in [0.3, 0.4) is 0 Å². The molecule has 2 aromatic rings. The standard InChI is InChI=1S/C17H15ClF4N4O/c18-15-4-9(6-25-16(27)13-5-11(19)8-23-13)3-12(26-15)10-1-2-14(24-7-10)17(20,21)22/h1-4,7,11,13,23H,5-6,8H2,(H,25,27). The number of nitrogens with one attached hydrogen (secondary N) is 2. The molecule has 1 amide bonds. The number of nitrogens with zero attached hydrogens (tertiary/aromatic N) is 2. The first-order valence-corrected chi connectivity index (χ1v) is 8.45. The molecule has 0 aromatic carbocycles. The third kappa shape index (κ3) is 4.92. The molecule has 2 aromatic heterocycles. The predicted molar refractivity (Wildman–Crippen MR) is 90.6 cm³/mol. The fourth-order valence-corrected chi connectivity index (χ4v) is 2.95. The maximum absolute atomic E-state index is 13.1. The van der Waals surface area contributed by atoms with E-state index in [9.17, 15) is 22.4 Å². The Labute approximate surface area is 157 Å². The van der Waals surface area contributed by atoms with Crippen LogP contribution in [0.2, 0.25) is 5.15 Å². The van der Waals surface area contributed by atoms with Crippen molar-refractivity contribution >= 4 is 17.5 Å². The van der Waals surface area contributed by atoms with Crippen molar-refractivity contribution in [2.24, 2.45) is 0 Å². The molecule has 10 heteroatoms. The zero-order chi connectivity index (χ0) is 19.6. The molecule has 5 nitrogen and oxygen atoms in total. The van der Waals surface area contributed by atoms with E-state index in [-0.39, 0.29) is 30.6 Å². The number of carbonyl (C=O) groups is 1. The largest absolute Gasteiger partial charge is 0.433 e. The van der Waals surface area contributed by atoms with E-state index < -0.39 is 24.1 Å². The molecule has 0 spiro atoms. The number of pyridine rings is 2. The van der Waals surface area contributed by atoms with E-state index in [1.54, 1.807) is 6.07 Å². The van der Waals surface area contributed by atoms with Gasteiger partial charge in [-0.05, 0) is 29.8 Å². The van der Waals surface area contributed by atoms with Gasteiger partial charge >= 0.3 is 6.18 Å². The normalized spacial score (nSPS) is 19.9. The van der Waals surface area contributed by atoms with Gasteiger partial charge in [0, 0.05) is 31.3 Å². The van der Waals surface area contributed by atoms with Gasteiger partial charge in [0.2, 0.25) is 5.91 Å². The molecule has 1 aliphatic heterocycles. The third-order valence-electron chi connectivity index (χ3n) is 4.06. The summed E-state index contributed by atoms with van der Waals surface area (Å²) >= 11 is 5.98. The molecule has 1 fully saturated rings. The summed E-state index contributed by atoms with van der Waals surface area (Å²) in [6, 6.07) is 4.65. The maximum Gasteiger partial charge on any atom is 0.433 e. The quantitative estimate of drug-likeness (QED) is 0.609. The summed E-state index contributed by atoms with van der Waals surface area (Å²) in [5, 5.41) is 5.58. The fourth-order valence-electron chi connectivity index (χ4n) is 2.72. The Bertz CT molecular complexity index is 829. The lowest BCUT2D eigenvalue weighted by atomic mass is 10.1. The van der Waals surface area contributed by atoms with Crippen LogP contribution in [0.5, 0.6) is 0 Å². The van der Waals surface area contributed by atoms with Crippen LogP contribution in [0.4, 0.5) is 17.6 Å². The van der Waals surface area contributed by atoms with Gasteiger partial charge in [-0.2, -0.15) is 13.2 Å². The summed E-state index contributed by atoms with van der Waals surface area (Å²) in [6.45, 7) is 0.265. The van der Waals surface area contributed by atoms with E-state index in [1.165, 1.54) is 12.1 Å². The molecule has 2 atom stereocenters. The number of rotatable bonds is 4. The Morgan fingerprint density at radius 1 is 1.33 bits per heavy atom. The molecule has 1 aliphatic rings. The Hall–Kier alpha value is -2.26. The van der Waals surface area contributed by atoms with E-state index in [4.69, 9.17) is 11.6 Å². The van der Waals surface area contributed by atoms with E-state index in [0.29, 0.717) is 16.8 Å². The Kier molecular flexibility index (Phi) is 5.61. The molecule has 1 saturated heterocycles. The first kappa shape index (κ1) is 19.5. The van der Waals surface area contributed by atoms with Crippen LogP contribution < -0.4 is 10.6 Å². The molecular weight excluding hydrogens is 388 g/mol. The second-order valence-corrected chi connectivity index (χ2v) is 6.51. The summed E-state index contributed by atoms with van der Waals surface area (Å²) < 4.78 is 51.0. The van der Waals surface area contributed by atoms with Crippen molar-refractivity contribution in [2.45, 2.75) is 31.4 Å². The second-order valence-electron chi connectivity index (χ2n) is 6.12. The number of aromatic nitrogens is 2. The summed E-state index contributed by atoms with van der Waals surface area (Å²) in [7, 11) is 0. The number of halogens is 5. The van der Waals surface area contributed by atoms with Gasteiger partial charge in [-0.1, -0.05) is 11.6 Å². The van der Waals surface area contributed by atoms with E-state index >= 15 is 0 Å². The summed E-state index contributed by atoms with van der Waals surface area (Å²) in [5.74, 6) is -0.333. The highest BCUT2D eigenvalue weighted by Gasteiger charge is 2.32. The summed E-state index contributed by atoms with van der Waals surface area (Å²) in [5.41, 5.74) is 0.288. The van der Waals surface area contributed by atoms with Crippen LogP contribution in [0.25, 0.3) is 11.3 Å². The third-order valence-corrected chi connectivity index (χ3v) is 4.26. The lowest BCUT2D eigenvalue weighted by Gasteiger charge is -2.12. The highest BCUT2D eigenvalue weighted by atomic mass is 35.5. The minimum absolute atomic E-state index is 0.116. The van der Waals surface area contributed by atoms with Crippen molar-refractivity contribution in [2.75, 3.05) is 6.54 Å². The topological polar surface area (TPSA) is 66.9 Å². The summed E-state index contributed by atoms with van der Waals surface area (Å²) in [4.78, 5) is 19.5. The van der Waals surface area contributed by atoms with Gasteiger partial charge in [-0.3, -0.25) is 9.78 Å². The minimum Gasteiger partial charge on any atom is -0.351 e. The Morgan fingerprint density at radius 3 is 2.70 bits per heavy atom. The van der Waals surface area contributed by atoms with Crippen molar-refractivity contribution in [1.29, 1.82) is 0 Å². The zero-order valence-electron chi connectivity index (χ0n) is 13.9. The van der Waals surface area contributed by atoms with Crippen molar-refractivity contribution in [3.8, 4) is 11.3 Å². The second kappa shape index (κ2) is 7.77. The molecule has 2 N–H and O–H groups in total. The average Bonchev–Trinajstić information content (AvgIpc) is 3.05. The fraction of sp³-hybridized carbons (Fsp3) is 0.353. The molecule has 144 valence electrons. The van der Waals surface area contributed by atoms with Crippen molar-refractivity contribution in [3.05, 3.63) is 46.9 Å². The Morgan fingerprint density at radius 2 is 2.11 bits per heavy atom. The number of carbonyl (C=O) groups excluding carboxylic acids is 1. The smallest absolute Gasteiger partial charge is 0.351 e. The van der Waals surface area contributed by atoms with Gasteiger partial charge in [-0.25, -0.2) is 9.37 Å². The van der Waals surface area contributed by atoms with Gasteiger partial charge in [0.05, 0.1) is 11.7 Å². The Balaban J connectivity index is 1.71. The van der Waals surface area contributed by atoms with Gasteiger partial charge in [0.1, 0.15) is 17.0 Å². The molecule has 3 heterocycles. The van der Waals surface area contributed by atoms with Crippen molar-refractivity contribution in [1.82, 2.24) is 20.6 Å². The first-order valence-electron chi connectivity index (χ1n) is 8.07. The highest BCUT2D eigenvalue weighted by Crippen LogP contribution is 2.29. The SMILES string of the molecule is O=C(NCc1cc(Cl)nc(-c2ccc(C(F)(F)F)nc2)c1)C1CC(F)CN1. The summed E-state index contributed by atoms with van der Waals surface area (Å²) in [6.07, 6.45) is -4.39. The van der Waals surface area contributed by atoms with Gasteiger partial charge < -0.3 is 10.6 Å². The van der Waals surface area contributed by atoms with E-state index in [0.717, 1.165) is 12.3 Å².